The van der Waals surface area contributed by atoms with Gasteiger partial charge >= 0.3 is 0 Å². The van der Waals surface area contributed by atoms with Gasteiger partial charge in [0.25, 0.3) is 0 Å². The van der Waals surface area contributed by atoms with Crippen molar-refractivity contribution in [3.05, 3.63) is 56.7 Å². The summed E-state index contributed by atoms with van der Waals surface area (Å²) in [7, 11) is 0. The number of nitrogens with one attached hydrogen (secondary N) is 1. The molecule has 2 heterocycles. The Morgan fingerprint density at radius 2 is 2.29 bits per heavy atom. The Morgan fingerprint density at radius 1 is 1.35 bits per heavy atom. The fourth-order valence-electron chi connectivity index (χ4n) is 2.40. The van der Waals surface area contributed by atoms with Crippen LogP contribution in [0.25, 0.3) is 0 Å². The molecule has 3 rings (SSSR count). The molecule has 0 bridgehead atoms. The molecule has 1 unspecified atom stereocenters. The fraction of sp³-hybridized carbons (Fsp3) is 0.286. The molecule has 2 aromatic rings. The lowest BCUT2D eigenvalue weighted by atomic mass is 9.98. The zero-order chi connectivity index (χ0) is 11.7. The van der Waals surface area contributed by atoms with Crippen LogP contribution in [0, 0.1) is 0 Å². The normalized spacial score (nSPS) is 19.0. The zero-order valence-electron chi connectivity index (χ0n) is 9.45. The molecule has 0 aliphatic carbocycles. The summed E-state index contributed by atoms with van der Waals surface area (Å²) in [6, 6.07) is 10.9. The van der Waals surface area contributed by atoms with Gasteiger partial charge in [0.15, 0.2) is 0 Å². The molecule has 17 heavy (non-hydrogen) atoms. The molecule has 88 valence electrons. The molecule has 0 fully saturated rings. The van der Waals surface area contributed by atoms with Crippen molar-refractivity contribution in [3.8, 4) is 0 Å². The molecule has 0 saturated heterocycles. The van der Waals surface area contributed by atoms with Gasteiger partial charge in [-0.05, 0) is 54.1 Å². The van der Waals surface area contributed by atoms with E-state index in [2.05, 4.69) is 28.9 Å². The van der Waals surface area contributed by atoms with Crippen molar-refractivity contribution in [2.45, 2.75) is 18.9 Å². The lowest BCUT2D eigenvalue weighted by Gasteiger charge is -2.24. The SMILES string of the molecule is Clc1cccc(CC2NCCc3ccsc32)c1. The van der Waals surface area contributed by atoms with Gasteiger partial charge in [-0.15, -0.1) is 11.3 Å². The van der Waals surface area contributed by atoms with E-state index in [4.69, 9.17) is 11.6 Å². The highest BCUT2D eigenvalue weighted by Gasteiger charge is 2.20. The predicted octanol–water partition coefficient (Wildman–Crippen LogP) is 3.83. The first kappa shape index (κ1) is 11.3. The van der Waals surface area contributed by atoms with Crippen LogP contribution >= 0.6 is 22.9 Å². The minimum atomic E-state index is 0.456. The van der Waals surface area contributed by atoms with Crippen LogP contribution in [0.1, 0.15) is 22.0 Å². The Bertz CT molecular complexity index is 520. The maximum atomic E-state index is 6.02. The van der Waals surface area contributed by atoms with E-state index < -0.39 is 0 Å². The third-order valence-electron chi connectivity index (χ3n) is 3.21. The molecular weight excluding hydrogens is 250 g/mol. The lowest BCUT2D eigenvalue weighted by Crippen LogP contribution is -2.29. The topological polar surface area (TPSA) is 12.0 Å². The van der Waals surface area contributed by atoms with Crippen molar-refractivity contribution in [3.63, 3.8) is 0 Å². The number of halogens is 1. The summed E-state index contributed by atoms with van der Waals surface area (Å²) in [6.45, 7) is 1.08. The van der Waals surface area contributed by atoms with Gasteiger partial charge in [-0.1, -0.05) is 23.7 Å². The van der Waals surface area contributed by atoms with E-state index in [1.54, 1.807) is 0 Å². The van der Waals surface area contributed by atoms with Crippen molar-refractivity contribution in [2.24, 2.45) is 0 Å². The maximum Gasteiger partial charge on any atom is 0.0458 e. The van der Waals surface area contributed by atoms with Crippen molar-refractivity contribution in [2.75, 3.05) is 6.54 Å². The molecule has 3 heteroatoms. The third kappa shape index (κ3) is 2.39. The Labute approximate surface area is 110 Å². The van der Waals surface area contributed by atoms with E-state index >= 15 is 0 Å². The average molecular weight is 264 g/mol. The first-order valence-electron chi connectivity index (χ1n) is 5.87. The van der Waals surface area contributed by atoms with Crippen LogP contribution in [0.3, 0.4) is 0 Å². The second kappa shape index (κ2) is 4.81. The van der Waals surface area contributed by atoms with Gasteiger partial charge in [-0.3, -0.25) is 0 Å². The van der Waals surface area contributed by atoms with E-state index in [1.165, 1.54) is 16.0 Å². The molecule has 0 radical (unpaired) electrons. The summed E-state index contributed by atoms with van der Waals surface area (Å²) in [5.74, 6) is 0. The van der Waals surface area contributed by atoms with Crippen molar-refractivity contribution in [1.82, 2.24) is 5.32 Å². The Kier molecular flexibility index (Phi) is 3.19. The first-order valence-corrected chi connectivity index (χ1v) is 7.13. The van der Waals surface area contributed by atoms with Crippen LogP contribution in [0.5, 0.6) is 0 Å². The molecule has 1 atom stereocenters. The van der Waals surface area contributed by atoms with E-state index in [0.717, 1.165) is 24.4 Å². The minimum Gasteiger partial charge on any atom is -0.309 e. The van der Waals surface area contributed by atoms with E-state index in [9.17, 15) is 0 Å². The quantitative estimate of drug-likeness (QED) is 0.868. The molecule has 1 aromatic carbocycles. The summed E-state index contributed by atoms with van der Waals surface area (Å²) in [6.07, 6.45) is 2.18. The largest absolute Gasteiger partial charge is 0.309 e. The smallest absolute Gasteiger partial charge is 0.0458 e. The van der Waals surface area contributed by atoms with Crippen molar-refractivity contribution >= 4 is 22.9 Å². The number of hydrogen-bond donors (Lipinski definition) is 1. The fourth-order valence-corrected chi connectivity index (χ4v) is 3.64. The van der Waals surface area contributed by atoms with Gasteiger partial charge < -0.3 is 5.32 Å². The van der Waals surface area contributed by atoms with Crippen LogP contribution in [0.2, 0.25) is 5.02 Å². The van der Waals surface area contributed by atoms with Crippen LogP contribution in [-0.4, -0.2) is 6.54 Å². The van der Waals surface area contributed by atoms with Gasteiger partial charge in [0.2, 0.25) is 0 Å². The molecule has 1 aliphatic rings. The third-order valence-corrected chi connectivity index (χ3v) is 4.52. The Hall–Kier alpha value is -0.830. The predicted molar refractivity (Wildman–Crippen MR) is 73.9 cm³/mol. The summed E-state index contributed by atoms with van der Waals surface area (Å²) < 4.78 is 0. The number of hydrogen-bond acceptors (Lipinski definition) is 2. The van der Waals surface area contributed by atoms with Gasteiger partial charge in [0.1, 0.15) is 0 Å². The van der Waals surface area contributed by atoms with Crippen LogP contribution in [-0.2, 0) is 12.8 Å². The van der Waals surface area contributed by atoms with Crippen molar-refractivity contribution < 1.29 is 0 Å². The molecule has 1 nitrogen and oxygen atoms in total. The monoisotopic (exact) mass is 263 g/mol. The van der Waals surface area contributed by atoms with Crippen LogP contribution in [0.4, 0.5) is 0 Å². The highest BCUT2D eigenvalue weighted by molar-refractivity contribution is 7.10. The van der Waals surface area contributed by atoms with Gasteiger partial charge in [0.05, 0.1) is 0 Å². The highest BCUT2D eigenvalue weighted by atomic mass is 35.5. The van der Waals surface area contributed by atoms with E-state index in [1.807, 2.05) is 23.5 Å². The lowest BCUT2D eigenvalue weighted by molar-refractivity contribution is 0.512. The number of fused-ring (bicyclic) bond motifs is 1. The average Bonchev–Trinajstić information content (AvgIpc) is 2.78. The van der Waals surface area contributed by atoms with Gasteiger partial charge in [-0.25, -0.2) is 0 Å². The van der Waals surface area contributed by atoms with Gasteiger partial charge in [0, 0.05) is 15.9 Å². The summed E-state index contributed by atoms with van der Waals surface area (Å²) >= 11 is 7.89. The second-order valence-electron chi connectivity index (χ2n) is 4.40. The number of benzene rings is 1. The zero-order valence-corrected chi connectivity index (χ0v) is 11.0. The van der Waals surface area contributed by atoms with Gasteiger partial charge in [-0.2, -0.15) is 0 Å². The Balaban J connectivity index is 1.84. The molecule has 1 aliphatic heterocycles. The molecule has 1 aromatic heterocycles. The number of thiophene rings is 1. The van der Waals surface area contributed by atoms with E-state index in [-0.39, 0.29) is 0 Å². The van der Waals surface area contributed by atoms with Crippen LogP contribution < -0.4 is 5.32 Å². The Morgan fingerprint density at radius 3 is 3.18 bits per heavy atom. The molecule has 0 spiro atoms. The molecular formula is C14H14ClNS. The summed E-state index contributed by atoms with van der Waals surface area (Å²) in [5, 5.41) is 6.62. The summed E-state index contributed by atoms with van der Waals surface area (Å²) in [5.41, 5.74) is 2.82. The first-order chi connectivity index (χ1) is 8.33. The minimum absolute atomic E-state index is 0.456. The molecule has 0 saturated carbocycles. The van der Waals surface area contributed by atoms with Crippen molar-refractivity contribution in [1.29, 1.82) is 0 Å². The second-order valence-corrected chi connectivity index (χ2v) is 5.78. The van der Waals surface area contributed by atoms with E-state index in [0.29, 0.717) is 6.04 Å². The molecule has 1 N–H and O–H groups in total. The van der Waals surface area contributed by atoms with Crippen LogP contribution in [0.15, 0.2) is 35.7 Å². The number of rotatable bonds is 2. The maximum absolute atomic E-state index is 6.02. The molecule has 0 amide bonds. The summed E-state index contributed by atoms with van der Waals surface area (Å²) in [4.78, 5) is 1.50. The standard InChI is InChI=1S/C14H14ClNS/c15-12-3-1-2-10(8-12)9-13-14-11(4-6-16-13)5-7-17-14/h1-3,5,7-8,13,16H,4,6,9H2. The highest BCUT2D eigenvalue weighted by Crippen LogP contribution is 2.30.